The van der Waals surface area contributed by atoms with Gasteiger partial charge >= 0.3 is 0 Å². The number of carbonyl (C=O) groups is 1. The van der Waals surface area contributed by atoms with E-state index in [0.29, 0.717) is 18.0 Å². The smallest absolute Gasteiger partial charge is 0.229 e. The zero-order valence-corrected chi connectivity index (χ0v) is 11.6. The summed E-state index contributed by atoms with van der Waals surface area (Å²) in [5, 5.41) is 3.49. The van der Waals surface area contributed by atoms with Crippen molar-refractivity contribution >= 4 is 5.91 Å². The maximum atomic E-state index is 13.1. The first-order valence-electron chi connectivity index (χ1n) is 7.80. The van der Waals surface area contributed by atoms with Gasteiger partial charge in [0.25, 0.3) is 0 Å². The summed E-state index contributed by atoms with van der Waals surface area (Å²) in [5.41, 5.74) is 0.00514. The number of fused-ring (bicyclic) bond motifs is 2. The van der Waals surface area contributed by atoms with Crippen LogP contribution in [0.15, 0.2) is 0 Å². The second-order valence-electron chi connectivity index (χ2n) is 6.43. The normalized spacial score (nSPS) is 34.6. The van der Waals surface area contributed by atoms with Crippen LogP contribution in [0.4, 0.5) is 0 Å². The zero-order valence-electron chi connectivity index (χ0n) is 11.6. The van der Waals surface area contributed by atoms with Gasteiger partial charge in [-0.15, -0.1) is 0 Å². The molecule has 3 nitrogen and oxygen atoms in total. The lowest BCUT2D eigenvalue weighted by Gasteiger charge is -2.37. The summed E-state index contributed by atoms with van der Waals surface area (Å²) >= 11 is 0. The molecule has 0 aromatic carbocycles. The van der Waals surface area contributed by atoms with Crippen molar-refractivity contribution in [3.05, 3.63) is 0 Å². The Morgan fingerprint density at radius 1 is 1.22 bits per heavy atom. The topological polar surface area (TPSA) is 32.3 Å². The van der Waals surface area contributed by atoms with E-state index in [4.69, 9.17) is 0 Å². The molecule has 0 spiro atoms. The van der Waals surface area contributed by atoms with Gasteiger partial charge in [0.05, 0.1) is 0 Å². The maximum absolute atomic E-state index is 13.1. The zero-order chi connectivity index (χ0) is 12.6. The van der Waals surface area contributed by atoms with Crippen molar-refractivity contribution in [2.75, 3.05) is 13.1 Å². The molecule has 3 heteroatoms. The van der Waals surface area contributed by atoms with Gasteiger partial charge in [0.1, 0.15) is 0 Å². The molecule has 1 amide bonds. The van der Waals surface area contributed by atoms with E-state index in [1.165, 1.54) is 25.7 Å². The number of nitrogens with zero attached hydrogens (tertiary/aromatic N) is 1. The lowest BCUT2D eigenvalue weighted by atomic mass is 9.81. The monoisotopic (exact) mass is 250 g/mol. The standard InChI is InChI=1S/C15H26N2O/c1-2-15(8-3-4-9-15)14(18)17-12-5-6-13(17)11-16-10-7-12/h12-13,16H,2-11H2,1H3. The minimum Gasteiger partial charge on any atom is -0.335 e. The molecule has 2 bridgehead atoms. The van der Waals surface area contributed by atoms with Gasteiger partial charge < -0.3 is 10.2 Å². The van der Waals surface area contributed by atoms with Crippen LogP contribution in [-0.2, 0) is 4.79 Å². The van der Waals surface area contributed by atoms with E-state index in [-0.39, 0.29) is 5.41 Å². The molecule has 3 rings (SSSR count). The lowest BCUT2D eigenvalue weighted by Crippen LogP contribution is -2.49. The highest BCUT2D eigenvalue weighted by atomic mass is 16.2. The molecule has 0 radical (unpaired) electrons. The molecule has 2 unspecified atom stereocenters. The Hall–Kier alpha value is -0.570. The molecule has 1 N–H and O–H groups in total. The third-order valence-electron chi connectivity index (χ3n) is 5.58. The fourth-order valence-electron chi connectivity index (χ4n) is 4.36. The van der Waals surface area contributed by atoms with E-state index < -0.39 is 0 Å². The number of hydrogen-bond donors (Lipinski definition) is 1. The number of amides is 1. The minimum absolute atomic E-state index is 0.00514. The van der Waals surface area contributed by atoms with Crippen molar-refractivity contribution < 1.29 is 4.79 Å². The van der Waals surface area contributed by atoms with Gasteiger partial charge in [-0.2, -0.15) is 0 Å². The van der Waals surface area contributed by atoms with Crippen molar-refractivity contribution in [1.82, 2.24) is 10.2 Å². The lowest BCUT2D eigenvalue weighted by molar-refractivity contribution is -0.145. The Morgan fingerprint density at radius 2 is 1.94 bits per heavy atom. The summed E-state index contributed by atoms with van der Waals surface area (Å²) in [6, 6.07) is 1.01. The van der Waals surface area contributed by atoms with Crippen LogP contribution in [0.25, 0.3) is 0 Å². The second-order valence-corrected chi connectivity index (χ2v) is 6.43. The highest BCUT2D eigenvalue weighted by Gasteiger charge is 2.47. The first kappa shape index (κ1) is 12.5. The SMILES string of the molecule is CCC1(C(=O)N2C3CCNCC2CC3)CCCC1. The predicted molar refractivity (Wildman–Crippen MR) is 72.3 cm³/mol. The van der Waals surface area contributed by atoms with Crippen LogP contribution in [0.1, 0.15) is 58.3 Å². The molecule has 0 aromatic rings. The van der Waals surface area contributed by atoms with Gasteiger partial charge in [-0.3, -0.25) is 4.79 Å². The summed E-state index contributed by atoms with van der Waals surface area (Å²) in [6.45, 7) is 4.31. The summed E-state index contributed by atoms with van der Waals surface area (Å²) in [4.78, 5) is 15.4. The van der Waals surface area contributed by atoms with Crippen molar-refractivity contribution in [3.8, 4) is 0 Å². The number of nitrogens with one attached hydrogen (secondary N) is 1. The Bertz CT molecular complexity index is 308. The average Bonchev–Trinajstić information content (AvgIpc) is 2.93. The van der Waals surface area contributed by atoms with Gasteiger partial charge in [-0.1, -0.05) is 19.8 Å². The summed E-state index contributed by atoms with van der Waals surface area (Å²) in [7, 11) is 0. The van der Waals surface area contributed by atoms with Crippen LogP contribution in [0.5, 0.6) is 0 Å². The van der Waals surface area contributed by atoms with Crippen molar-refractivity contribution in [2.24, 2.45) is 5.41 Å². The van der Waals surface area contributed by atoms with Crippen molar-refractivity contribution in [3.63, 3.8) is 0 Å². The predicted octanol–water partition coefficient (Wildman–Crippen LogP) is 2.31. The van der Waals surface area contributed by atoms with Crippen LogP contribution >= 0.6 is 0 Å². The number of hydrogen-bond acceptors (Lipinski definition) is 2. The molecule has 2 saturated heterocycles. The van der Waals surface area contributed by atoms with Crippen LogP contribution < -0.4 is 5.32 Å². The van der Waals surface area contributed by atoms with E-state index in [1.807, 2.05) is 0 Å². The molecule has 0 aromatic heterocycles. The van der Waals surface area contributed by atoms with Gasteiger partial charge in [0.2, 0.25) is 5.91 Å². The molecule has 18 heavy (non-hydrogen) atoms. The Labute approximate surface area is 110 Å². The Balaban J connectivity index is 1.82. The van der Waals surface area contributed by atoms with Crippen LogP contribution in [0, 0.1) is 5.41 Å². The molecular weight excluding hydrogens is 224 g/mol. The molecule has 2 heterocycles. The molecule has 3 fully saturated rings. The van der Waals surface area contributed by atoms with E-state index in [1.54, 1.807) is 0 Å². The first-order valence-corrected chi connectivity index (χ1v) is 7.80. The van der Waals surface area contributed by atoms with E-state index >= 15 is 0 Å². The second kappa shape index (κ2) is 4.84. The Morgan fingerprint density at radius 3 is 2.67 bits per heavy atom. The number of rotatable bonds is 2. The largest absolute Gasteiger partial charge is 0.335 e. The molecule has 2 atom stereocenters. The third-order valence-corrected chi connectivity index (χ3v) is 5.58. The summed E-state index contributed by atoms with van der Waals surface area (Å²) in [5.74, 6) is 0.499. The van der Waals surface area contributed by atoms with Gasteiger partial charge in [-0.05, 0) is 45.1 Å². The quantitative estimate of drug-likeness (QED) is 0.815. The highest BCUT2D eigenvalue weighted by molar-refractivity contribution is 5.84. The number of carbonyl (C=O) groups excluding carboxylic acids is 1. The summed E-state index contributed by atoms with van der Waals surface area (Å²) < 4.78 is 0. The van der Waals surface area contributed by atoms with Crippen LogP contribution in [0.3, 0.4) is 0 Å². The van der Waals surface area contributed by atoms with E-state index in [9.17, 15) is 4.79 Å². The van der Waals surface area contributed by atoms with Crippen LogP contribution in [-0.4, -0.2) is 36.0 Å². The van der Waals surface area contributed by atoms with E-state index in [0.717, 1.165) is 38.8 Å². The summed E-state index contributed by atoms with van der Waals surface area (Å²) in [6.07, 6.45) is 9.40. The average molecular weight is 250 g/mol. The Kier molecular flexibility index (Phi) is 3.35. The first-order chi connectivity index (χ1) is 8.77. The molecular formula is C15H26N2O. The fourth-order valence-corrected chi connectivity index (χ4v) is 4.36. The van der Waals surface area contributed by atoms with Crippen molar-refractivity contribution in [2.45, 2.75) is 70.4 Å². The fraction of sp³-hybridized carbons (Fsp3) is 0.933. The van der Waals surface area contributed by atoms with E-state index in [2.05, 4.69) is 17.1 Å². The van der Waals surface area contributed by atoms with Crippen LogP contribution in [0.2, 0.25) is 0 Å². The maximum Gasteiger partial charge on any atom is 0.229 e. The molecule has 2 aliphatic heterocycles. The van der Waals surface area contributed by atoms with Crippen molar-refractivity contribution in [1.29, 1.82) is 0 Å². The minimum atomic E-state index is 0.00514. The van der Waals surface area contributed by atoms with Gasteiger partial charge in [0.15, 0.2) is 0 Å². The molecule has 3 aliphatic rings. The molecule has 1 saturated carbocycles. The highest BCUT2D eigenvalue weighted by Crippen LogP contribution is 2.45. The van der Waals surface area contributed by atoms with Gasteiger partial charge in [-0.25, -0.2) is 0 Å². The third kappa shape index (κ3) is 1.87. The molecule has 102 valence electrons. The molecule has 1 aliphatic carbocycles. The van der Waals surface area contributed by atoms with Gasteiger partial charge in [0, 0.05) is 24.0 Å².